The fraction of sp³-hybridized carbons (Fsp3) is 0.524. The molecule has 3 rings (SSSR count). The van der Waals surface area contributed by atoms with Crippen molar-refractivity contribution < 1.29 is 9.53 Å². The first-order chi connectivity index (χ1) is 13.1. The Morgan fingerprint density at radius 1 is 1.22 bits per heavy atom. The molecule has 6 heteroatoms. The highest BCUT2D eigenvalue weighted by Gasteiger charge is 2.23. The van der Waals surface area contributed by atoms with Crippen molar-refractivity contribution in [2.45, 2.75) is 32.7 Å². The molecule has 2 heterocycles. The van der Waals surface area contributed by atoms with Gasteiger partial charge in [-0.1, -0.05) is 30.3 Å². The van der Waals surface area contributed by atoms with Crippen molar-refractivity contribution in [3.05, 3.63) is 52.8 Å². The standard InChI is InChI=1S/C21H30N4O2/c1-16-19(17(2)24(3)23-16)9-10-21(26)22-15-20(18-7-5-4-6-8-18)25-11-13-27-14-12-25/h4-8,20H,9-15H2,1-3H3,(H,22,26). The van der Waals surface area contributed by atoms with E-state index in [1.165, 1.54) is 11.1 Å². The molecule has 0 radical (unpaired) electrons. The quantitative estimate of drug-likeness (QED) is 0.811. The van der Waals surface area contributed by atoms with Crippen molar-refractivity contribution in [2.75, 3.05) is 32.8 Å². The number of aryl methyl sites for hydroxylation is 2. The number of nitrogens with zero attached hydrogens (tertiary/aromatic N) is 3. The van der Waals surface area contributed by atoms with E-state index >= 15 is 0 Å². The molecule has 0 aliphatic carbocycles. The van der Waals surface area contributed by atoms with E-state index in [-0.39, 0.29) is 11.9 Å². The SMILES string of the molecule is Cc1nn(C)c(C)c1CCC(=O)NCC(c1ccccc1)N1CCOCC1. The van der Waals surface area contributed by atoms with Crippen LogP contribution in [0.25, 0.3) is 0 Å². The summed E-state index contributed by atoms with van der Waals surface area (Å²) < 4.78 is 7.37. The number of aromatic nitrogens is 2. The summed E-state index contributed by atoms with van der Waals surface area (Å²) in [6.45, 7) is 7.95. The van der Waals surface area contributed by atoms with Crippen molar-refractivity contribution in [2.24, 2.45) is 7.05 Å². The Labute approximate surface area is 161 Å². The molecule has 1 saturated heterocycles. The summed E-state index contributed by atoms with van der Waals surface area (Å²) in [5.74, 6) is 0.0897. The van der Waals surface area contributed by atoms with Crippen molar-refractivity contribution in [3.8, 4) is 0 Å². The second kappa shape index (κ2) is 9.15. The lowest BCUT2D eigenvalue weighted by Gasteiger charge is -2.35. The predicted molar refractivity (Wildman–Crippen MR) is 106 cm³/mol. The zero-order valence-electron chi connectivity index (χ0n) is 16.6. The summed E-state index contributed by atoms with van der Waals surface area (Å²) in [5.41, 5.74) is 4.56. The van der Waals surface area contributed by atoms with E-state index in [4.69, 9.17) is 4.74 Å². The monoisotopic (exact) mass is 370 g/mol. The van der Waals surface area contributed by atoms with Crippen LogP contribution in [-0.2, 0) is 23.0 Å². The highest BCUT2D eigenvalue weighted by Crippen LogP contribution is 2.21. The van der Waals surface area contributed by atoms with Crippen LogP contribution in [0.2, 0.25) is 0 Å². The largest absolute Gasteiger partial charge is 0.379 e. The maximum absolute atomic E-state index is 12.5. The van der Waals surface area contributed by atoms with Crippen LogP contribution in [0.5, 0.6) is 0 Å². The first-order valence-corrected chi connectivity index (χ1v) is 9.68. The Kier molecular flexibility index (Phi) is 6.63. The third kappa shape index (κ3) is 4.96. The number of amides is 1. The Hall–Kier alpha value is -2.18. The molecule has 0 spiro atoms. The molecule has 1 aromatic heterocycles. The summed E-state index contributed by atoms with van der Waals surface area (Å²) in [5, 5.41) is 7.58. The van der Waals surface area contributed by atoms with E-state index in [1.807, 2.05) is 24.7 Å². The fourth-order valence-corrected chi connectivity index (χ4v) is 3.74. The molecule has 1 fully saturated rings. The number of ether oxygens (including phenoxy) is 1. The Morgan fingerprint density at radius 2 is 1.93 bits per heavy atom. The topological polar surface area (TPSA) is 59.4 Å². The number of carbonyl (C=O) groups excluding carboxylic acids is 1. The molecular weight excluding hydrogens is 340 g/mol. The summed E-state index contributed by atoms with van der Waals surface area (Å²) in [6, 6.07) is 10.6. The minimum Gasteiger partial charge on any atom is -0.379 e. The van der Waals surface area contributed by atoms with Gasteiger partial charge in [0.2, 0.25) is 5.91 Å². The van der Waals surface area contributed by atoms with Gasteiger partial charge in [0, 0.05) is 38.8 Å². The summed E-state index contributed by atoms with van der Waals surface area (Å²) in [6.07, 6.45) is 1.21. The normalized spacial score (nSPS) is 16.3. The van der Waals surface area contributed by atoms with Crippen LogP contribution in [0.15, 0.2) is 30.3 Å². The Morgan fingerprint density at radius 3 is 2.56 bits per heavy atom. The van der Waals surface area contributed by atoms with Gasteiger partial charge in [-0.3, -0.25) is 14.4 Å². The van der Waals surface area contributed by atoms with E-state index in [9.17, 15) is 4.79 Å². The third-order valence-electron chi connectivity index (χ3n) is 5.42. The molecule has 27 heavy (non-hydrogen) atoms. The van der Waals surface area contributed by atoms with E-state index in [0.29, 0.717) is 13.0 Å². The summed E-state index contributed by atoms with van der Waals surface area (Å²) in [7, 11) is 1.94. The molecule has 1 unspecified atom stereocenters. The second-order valence-corrected chi connectivity index (χ2v) is 7.15. The molecule has 0 bridgehead atoms. The van der Waals surface area contributed by atoms with Gasteiger partial charge in [-0.15, -0.1) is 0 Å². The van der Waals surface area contributed by atoms with Gasteiger partial charge >= 0.3 is 0 Å². The first-order valence-electron chi connectivity index (χ1n) is 9.68. The Balaban J connectivity index is 1.58. The van der Waals surface area contributed by atoms with Gasteiger partial charge < -0.3 is 10.1 Å². The van der Waals surface area contributed by atoms with Crippen LogP contribution < -0.4 is 5.32 Å². The zero-order valence-corrected chi connectivity index (χ0v) is 16.6. The molecule has 1 aromatic carbocycles. The van der Waals surface area contributed by atoms with Crippen LogP contribution in [0.4, 0.5) is 0 Å². The molecule has 1 aliphatic heterocycles. The predicted octanol–water partition coefficient (Wildman–Crippen LogP) is 2.16. The number of benzene rings is 1. The number of morpholine rings is 1. The summed E-state index contributed by atoms with van der Waals surface area (Å²) in [4.78, 5) is 14.9. The number of nitrogens with one attached hydrogen (secondary N) is 1. The van der Waals surface area contributed by atoms with E-state index in [0.717, 1.165) is 44.1 Å². The molecule has 146 valence electrons. The lowest BCUT2D eigenvalue weighted by molar-refractivity contribution is -0.121. The average Bonchev–Trinajstić information content (AvgIpc) is 2.93. The van der Waals surface area contributed by atoms with E-state index in [1.54, 1.807) is 0 Å². The molecule has 0 saturated carbocycles. The number of hydrogen-bond donors (Lipinski definition) is 1. The van der Waals surface area contributed by atoms with Crippen LogP contribution in [0.3, 0.4) is 0 Å². The molecule has 6 nitrogen and oxygen atoms in total. The van der Waals surface area contributed by atoms with Crippen molar-refractivity contribution >= 4 is 5.91 Å². The lowest BCUT2D eigenvalue weighted by Crippen LogP contribution is -2.43. The highest BCUT2D eigenvalue weighted by molar-refractivity contribution is 5.76. The van der Waals surface area contributed by atoms with Gasteiger partial charge in [0.1, 0.15) is 0 Å². The van der Waals surface area contributed by atoms with Crippen molar-refractivity contribution in [1.82, 2.24) is 20.0 Å². The van der Waals surface area contributed by atoms with Crippen LogP contribution in [-0.4, -0.2) is 53.4 Å². The van der Waals surface area contributed by atoms with E-state index in [2.05, 4.69) is 46.5 Å². The second-order valence-electron chi connectivity index (χ2n) is 7.15. The molecule has 1 atom stereocenters. The Bertz CT molecular complexity index is 751. The van der Waals surface area contributed by atoms with Gasteiger partial charge in [-0.05, 0) is 31.4 Å². The molecular formula is C21H30N4O2. The smallest absolute Gasteiger partial charge is 0.220 e. The average molecular weight is 370 g/mol. The number of carbonyl (C=O) groups is 1. The molecule has 1 amide bonds. The van der Waals surface area contributed by atoms with Crippen molar-refractivity contribution in [1.29, 1.82) is 0 Å². The maximum atomic E-state index is 12.5. The third-order valence-corrected chi connectivity index (χ3v) is 5.42. The van der Waals surface area contributed by atoms with Gasteiger partial charge in [-0.25, -0.2) is 0 Å². The van der Waals surface area contributed by atoms with Gasteiger partial charge in [0.25, 0.3) is 0 Å². The number of hydrogen-bond acceptors (Lipinski definition) is 4. The molecule has 2 aromatic rings. The van der Waals surface area contributed by atoms with Gasteiger partial charge in [0.15, 0.2) is 0 Å². The van der Waals surface area contributed by atoms with E-state index < -0.39 is 0 Å². The van der Waals surface area contributed by atoms with Gasteiger partial charge in [-0.2, -0.15) is 5.10 Å². The van der Waals surface area contributed by atoms with Crippen molar-refractivity contribution in [3.63, 3.8) is 0 Å². The molecule has 1 N–H and O–H groups in total. The minimum atomic E-state index is 0.0897. The van der Waals surface area contributed by atoms with Crippen LogP contribution in [0.1, 0.15) is 35.0 Å². The minimum absolute atomic E-state index is 0.0897. The first kappa shape index (κ1) is 19.6. The highest BCUT2D eigenvalue weighted by atomic mass is 16.5. The zero-order chi connectivity index (χ0) is 19.2. The van der Waals surface area contributed by atoms with Crippen LogP contribution in [0, 0.1) is 13.8 Å². The number of rotatable bonds is 7. The molecule has 1 aliphatic rings. The van der Waals surface area contributed by atoms with Crippen LogP contribution >= 0.6 is 0 Å². The maximum Gasteiger partial charge on any atom is 0.220 e. The lowest BCUT2D eigenvalue weighted by atomic mass is 10.0. The fourth-order valence-electron chi connectivity index (χ4n) is 3.74. The van der Waals surface area contributed by atoms with Gasteiger partial charge in [0.05, 0.1) is 24.9 Å². The summed E-state index contributed by atoms with van der Waals surface area (Å²) >= 11 is 0.